The number of aryl methyl sites for hydroxylation is 4. The summed E-state index contributed by atoms with van der Waals surface area (Å²) in [7, 11) is -4.24. The highest BCUT2D eigenvalue weighted by Gasteiger charge is 2.51. The van der Waals surface area contributed by atoms with Crippen molar-refractivity contribution < 1.29 is 13.6 Å². The highest BCUT2D eigenvalue weighted by molar-refractivity contribution is 6.75. The molecule has 0 bridgehead atoms. The van der Waals surface area contributed by atoms with Crippen molar-refractivity contribution in [3.8, 4) is 22.8 Å². The molecule has 0 saturated carbocycles. The lowest BCUT2D eigenvalue weighted by molar-refractivity contribution is -0.118. The molecule has 3 aromatic carbocycles. The van der Waals surface area contributed by atoms with Crippen LogP contribution in [0.4, 0.5) is 5.69 Å². The van der Waals surface area contributed by atoms with E-state index in [1.165, 1.54) is 0 Å². The van der Waals surface area contributed by atoms with Gasteiger partial charge >= 0.3 is 0 Å². The Hall–Kier alpha value is -3.47. The summed E-state index contributed by atoms with van der Waals surface area (Å²) in [5.41, 5.74) is 7.89. The smallest absolute Gasteiger partial charge is 0.250 e. The van der Waals surface area contributed by atoms with Crippen LogP contribution in [0.25, 0.3) is 11.3 Å². The number of rotatable bonds is 7. The normalized spacial score (nSPS) is 14.8. The monoisotopic (exact) mass is 713 g/mol. The van der Waals surface area contributed by atoms with Crippen molar-refractivity contribution >= 4 is 39.8 Å². The first kappa shape index (κ1) is 36.8. The number of fused-ring (bicyclic) bond motifs is 1. The first-order valence-electron chi connectivity index (χ1n) is 17.1. The fourth-order valence-electron chi connectivity index (χ4n) is 6.18. The quantitative estimate of drug-likeness (QED) is 0.152. The van der Waals surface area contributed by atoms with E-state index in [2.05, 4.69) is 135 Å². The van der Waals surface area contributed by atoms with E-state index in [1.807, 2.05) is 24.3 Å². The van der Waals surface area contributed by atoms with Crippen molar-refractivity contribution in [3.05, 3.63) is 99.0 Å². The Labute approximate surface area is 300 Å². The van der Waals surface area contributed by atoms with Crippen LogP contribution in [-0.2, 0) is 10.2 Å². The van der Waals surface area contributed by atoms with E-state index in [0.717, 1.165) is 61.7 Å². The number of carbonyl (C=O) groups excluding carboxylic acids is 1. The molecule has 49 heavy (non-hydrogen) atoms. The number of nitrogens with one attached hydrogen (secondary N) is 1. The van der Waals surface area contributed by atoms with Gasteiger partial charge in [0, 0.05) is 23.0 Å². The molecule has 0 radical (unpaired) electrons. The SMILES string of the molecule is Cc1cc(C2(c3cc(C)c(O[Si](C)(C)C(C)(C)C)c(C)c3)C(=O)Nc3cc(-c4ccnc(Cl)n4)ccc32)cc(C)c1O[Si](C)(C)C(C)(C)C. The maximum Gasteiger partial charge on any atom is 0.250 e. The molecular formula is C40H52ClN3O3Si2. The van der Waals surface area contributed by atoms with Gasteiger partial charge in [0.2, 0.25) is 11.2 Å². The van der Waals surface area contributed by atoms with Gasteiger partial charge < -0.3 is 14.2 Å². The zero-order valence-electron chi connectivity index (χ0n) is 31.7. The second-order valence-electron chi connectivity index (χ2n) is 16.8. The standard InChI is InChI=1S/C40H52ClN3O3Si2/c1-24-19-29(20-25(2)34(24)46-48(11,12)38(5,6)7)40(30-21-26(3)35(27(4)22-30)47-49(13,14)39(8,9)10)31-16-15-28(23-33(31)43-36(40)45)32-17-18-42-37(41)44-32/h15-23H,1-14H3,(H,43,45). The number of halogens is 1. The highest BCUT2D eigenvalue weighted by atomic mass is 35.5. The Morgan fingerprint density at radius 2 is 1.16 bits per heavy atom. The molecule has 0 saturated heterocycles. The fourth-order valence-corrected chi connectivity index (χ4v) is 8.60. The average molecular weight is 714 g/mol. The predicted molar refractivity (Wildman–Crippen MR) is 208 cm³/mol. The Morgan fingerprint density at radius 3 is 1.57 bits per heavy atom. The van der Waals surface area contributed by atoms with Crippen molar-refractivity contribution in [2.45, 2.75) is 111 Å². The van der Waals surface area contributed by atoms with Crippen LogP contribution in [-0.4, -0.2) is 32.5 Å². The Bertz CT molecular complexity index is 1830. The van der Waals surface area contributed by atoms with Gasteiger partial charge in [-0.3, -0.25) is 4.79 Å². The van der Waals surface area contributed by atoms with Crippen LogP contribution in [0.3, 0.4) is 0 Å². The van der Waals surface area contributed by atoms with E-state index in [-0.39, 0.29) is 21.3 Å². The number of anilines is 1. The van der Waals surface area contributed by atoms with Crippen LogP contribution in [0.1, 0.15) is 80.5 Å². The summed E-state index contributed by atoms with van der Waals surface area (Å²) in [4.78, 5) is 23.2. The van der Waals surface area contributed by atoms with Crippen molar-refractivity contribution in [1.82, 2.24) is 9.97 Å². The highest BCUT2D eigenvalue weighted by Crippen LogP contribution is 2.51. The molecule has 2 heterocycles. The summed E-state index contributed by atoms with van der Waals surface area (Å²) in [6.07, 6.45) is 1.64. The zero-order chi connectivity index (χ0) is 36.5. The van der Waals surface area contributed by atoms with Gasteiger partial charge in [-0.25, -0.2) is 9.97 Å². The third-order valence-electron chi connectivity index (χ3n) is 11.0. The average Bonchev–Trinajstić information content (AvgIpc) is 3.27. The second kappa shape index (κ2) is 12.4. The van der Waals surface area contributed by atoms with Gasteiger partial charge in [0.25, 0.3) is 16.6 Å². The van der Waals surface area contributed by atoms with E-state index >= 15 is 0 Å². The third kappa shape index (κ3) is 6.48. The van der Waals surface area contributed by atoms with E-state index in [1.54, 1.807) is 6.20 Å². The molecule has 5 rings (SSSR count). The molecule has 260 valence electrons. The lowest BCUT2D eigenvalue weighted by atomic mass is 9.69. The molecule has 1 amide bonds. The summed E-state index contributed by atoms with van der Waals surface area (Å²) in [5, 5.41) is 3.54. The molecule has 6 nitrogen and oxygen atoms in total. The van der Waals surface area contributed by atoms with Crippen LogP contribution >= 0.6 is 11.6 Å². The van der Waals surface area contributed by atoms with E-state index < -0.39 is 22.0 Å². The van der Waals surface area contributed by atoms with Crippen molar-refractivity contribution in [1.29, 1.82) is 0 Å². The summed E-state index contributed by atoms with van der Waals surface area (Å²) >= 11 is 6.15. The number of nitrogens with zero attached hydrogens (tertiary/aromatic N) is 2. The van der Waals surface area contributed by atoms with Crippen LogP contribution in [0, 0.1) is 27.7 Å². The van der Waals surface area contributed by atoms with Gasteiger partial charge in [-0.05, 0) is 121 Å². The second-order valence-corrected chi connectivity index (χ2v) is 26.6. The van der Waals surface area contributed by atoms with Gasteiger partial charge in [0.15, 0.2) is 0 Å². The molecule has 1 aliphatic heterocycles. The summed E-state index contributed by atoms with van der Waals surface area (Å²) in [6, 6.07) is 16.4. The Morgan fingerprint density at radius 1 is 0.714 bits per heavy atom. The number of aromatic nitrogens is 2. The maximum atomic E-state index is 14.8. The zero-order valence-corrected chi connectivity index (χ0v) is 34.4. The minimum absolute atomic E-state index is 0.0466. The molecule has 0 spiro atoms. The van der Waals surface area contributed by atoms with Crippen molar-refractivity contribution in [2.75, 3.05) is 5.32 Å². The molecule has 4 aromatic rings. The first-order chi connectivity index (χ1) is 22.5. The van der Waals surface area contributed by atoms with Gasteiger partial charge in [0.1, 0.15) is 16.9 Å². The lowest BCUT2D eigenvalue weighted by Gasteiger charge is -2.38. The lowest BCUT2D eigenvalue weighted by Crippen LogP contribution is -2.44. The summed E-state index contributed by atoms with van der Waals surface area (Å²) < 4.78 is 13.8. The molecule has 0 unspecified atom stereocenters. The van der Waals surface area contributed by atoms with Gasteiger partial charge in [-0.2, -0.15) is 0 Å². The van der Waals surface area contributed by atoms with Crippen LogP contribution < -0.4 is 14.2 Å². The molecule has 1 aromatic heterocycles. The maximum absolute atomic E-state index is 14.8. The van der Waals surface area contributed by atoms with E-state index in [4.69, 9.17) is 20.5 Å². The Balaban J connectivity index is 1.75. The largest absolute Gasteiger partial charge is 0.543 e. The van der Waals surface area contributed by atoms with Crippen LogP contribution in [0.5, 0.6) is 11.5 Å². The molecule has 0 atom stereocenters. The molecular weight excluding hydrogens is 662 g/mol. The molecule has 0 fully saturated rings. The third-order valence-corrected chi connectivity index (χ3v) is 19.9. The molecule has 9 heteroatoms. The minimum atomic E-state index is -2.12. The predicted octanol–water partition coefficient (Wildman–Crippen LogP) is 11.1. The topological polar surface area (TPSA) is 73.3 Å². The van der Waals surface area contributed by atoms with Crippen molar-refractivity contribution in [3.63, 3.8) is 0 Å². The van der Waals surface area contributed by atoms with E-state index in [0.29, 0.717) is 5.69 Å². The minimum Gasteiger partial charge on any atom is -0.543 e. The molecule has 0 aliphatic carbocycles. The molecule has 1 N–H and O–H groups in total. The van der Waals surface area contributed by atoms with Gasteiger partial charge in [0.05, 0.1) is 5.69 Å². The van der Waals surface area contributed by atoms with E-state index in [9.17, 15) is 4.79 Å². The number of carbonyl (C=O) groups is 1. The van der Waals surface area contributed by atoms with Crippen LogP contribution in [0.15, 0.2) is 54.7 Å². The first-order valence-corrected chi connectivity index (χ1v) is 23.3. The van der Waals surface area contributed by atoms with Gasteiger partial charge in [-0.1, -0.05) is 77.9 Å². The van der Waals surface area contributed by atoms with Crippen LogP contribution in [0.2, 0.25) is 41.5 Å². The number of amides is 1. The number of hydrogen-bond donors (Lipinski definition) is 1. The summed E-state index contributed by atoms with van der Waals surface area (Å²) in [5.74, 6) is 1.71. The van der Waals surface area contributed by atoms with Crippen molar-refractivity contribution in [2.24, 2.45) is 0 Å². The van der Waals surface area contributed by atoms with Gasteiger partial charge in [-0.15, -0.1) is 0 Å². The Kier molecular flexibility index (Phi) is 9.31. The molecule has 1 aliphatic rings. The fraction of sp³-hybridized carbons (Fsp3) is 0.425. The summed E-state index contributed by atoms with van der Waals surface area (Å²) in [6.45, 7) is 30.9. The number of benzene rings is 3. The number of hydrogen-bond acceptors (Lipinski definition) is 5.